The average molecular weight is 225 g/mol. The molecule has 0 spiro atoms. The normalized spacial score (nSPS) is 11.9. The van der Waals surface area contributed by atoms with Gasteiger partial charge < -0.3 is 14.3 Å². The van der Waals surface area contributed by atoms with Gasteiger partial charge in [0.05, 0.1) is 0 Å². The van der Waals surface area contributed by atoms with Crippen LogP contribution in [-0.2, 0) is 10.4 Å². The van der Waals surface area contributed by atoms with Crippen molar-refractivity contribution in [2.45, 2.75) is 12.8 Å². The Morgan fingerprint density at radius 2 is 2.31 bits per heavy atom. The summed E-state index contributed by atoms with van der Waals surface area (Å²) in [5.41, 5.74) is -0.404. The van der Waals surface area contributed by atoms with Gasteiger partial charge >= 0.3 is 6.80 Å². The molecule has 2 N–H and O–H groups in total. The van der Waals surface area contributed by atoms with Crippen LogP contribution in [0.4, 0.5) is 0 Å². The largest absolute Gasteiger partial charge is 0.385 e. The minimum absolute atomic E-state index is 0.184. The SMILES string of the molecule is Cc1cc(=O)n(CSP(=O)(O)O)o1. The summed E-state index contributed by atoms with van der Waals surface area (Å²) in [5, 5.41) is 0. The number of aromatic nitrogens is 1. The Bertz CT molecular complexity index is 390. The van der Waals surface area contributed by atoms with Gasteiger partial charge in [-0.15, -0.1) is 0 Å². The summed E-state index contributed by atoms with van der Waals surface area (Å²) in [4.78, 5) is 27.9. The molecular formula is C5H8NO5PS. The maximum Gasteiger partial charge on any atom is 0.385 e. The van der Waals surface area contributed by atoms with Crippen LogP contribution in [0.1, 0.15) is 5.76 Å². The summed E-state index contributed by atoms with van der Waals surface area (Å²) in [7, 11) is 0. The van der Waals surface area contributed by atoms with E-state index in [1.54, 1.807) is 6.92 Å². The smallest absolute Gasteiger partial charge is 0.380 e. The highest BCUT2D eigenvalue weighted by Gasteiger charge is 2.15. The van der Waals surface area contributed by atoms with E-state index in [4.69, 9.17) is 14.3 Å². The van der Waals surface area contributed by atoms with Crippen LogP contribution in [0.2, 0.25) is 0 Å². The van der Waals surface area contributed by atoms with Gasteiger partial charge in [0.2, 0.25) is 0 Å². The second-order valence-corrected chi connectivity index (χ2v) is 6.01. The van der Waals surface area contributed by atoms with Gasteiger partial charge in [0.25, 0.3) is 5.56 Å². The molecule has 13 heavy (non-hydrogen) atoms. The first-order chi connectivity index (χ1) is 5.88. The van der Waals surface area contributed by atoms with Gasteiger partial charge in [0.15, 0.2) is 0 Å². The lowest BCUT2D eigenvalue weighted by Gasteiger charge is -2.01. The van der Waals surface area contributed by atoms with Gasteiger partial charge in [0.1, 0.15) is 11.6 Å². The molecule has 6 nitrogen and oxygen atoms in total. The van der Waals surface area contributed by atoms with Crippen molar-refractivity contribution >= 4 is 18.2 Å². The number of hydrogen-bond donors (Lipinski definition) is 2. The van der Waals surface area contributed by atoms with E-state index in [2.05, 4.69) is 0 Å². The summed E-state index contributed by atoms with van der Waals surface area (Å²) in [5.74, 6) is 0.230. The van der Waals surface area contributed by atoms with E-state index >= 15 is 0 Å². The lowest BCUT2D eigenvalue weighted by molar-refractivity contribution is 0.279. The van der Waals surface area contributed by atoms with Gasteiger partial charge in [-0.3, -0.25) is 4.79 Å². The van der Waals surface area contributed by atoms with Crippen molar-refractivity contribution in [3.05, 3.63) is 22.2 Å². The third-order valence-corrected chi connectivity index (χ3v) is 3.21. The van der Waals surface area contributed by atoms with Gasteiger partial charge in [-0.1, -0.05) is 0 Å². The van der Waals surface area contributed by atoms with Crippen LogP contribution >= 0.6 is 18.2 Å². The average Bonchev–Trinajstić information content (AvgIpc) is 2.24. The molecule has 0 saturated heterocycles. The lowest BCUT2D eigenvalue weighted by Crippen LogP contribution is -2.11. The van der Waals surface area contributed by atoms with Crippen LogP contribution in [0.25, 0.3) is 0 Å². The van der Waals surface area contributed by atoms with E-state index in [0.717, 1.165) is 4.74 Å². The zero-order chi connectivity index (χ0) is 10.1. The molecule has 0 aromatic carbocycles. The summed E-state index contributed by atoms with van der Waals surface area (Å²) in [6, 6.07) is 1.25. The molecule has 0 unspecified atom stereocenters. The van der Waals surface area contributed by atoms with Gasteiger partial charge in [0, 0.05) is 6.07 Å². The fraction of sp³-hybridized carbons (Fsp3) is 0.400. The summed E-state index contributed by atoms with van der Waals surface area (Å²) >= 11 is 0.350. The Morgan fingerprint density at radius 1 is 1.69 bits per heavy atom. The van der Waals surface area contributed by atoms with Crippen LogP contribution in [0.3, 0.4) is 0 Å². The van der Waals surface area contributed by atoms with E-state index in [0.29, 0.717) is 17.1 Å². The molecule has 0 aliphatic rings. The zero-order valence-corrected chi connectivity index (χ0v) is 8.42. The van der Waals surface area contributed by atoms with E-state index in [1.807, 2.05) is 0 Å². The monoisotopic (exact) mass is 225 g/mol. The maximum atomic E-state index is 11.0. The molecule has 1 aromatic heterocycles. The third-order valence-electron chi connectivity index (χ3n) is 1.17. The first kappa shape index (κ1) is 10.6. The fourth-order valence-electron chi connectivity index (χ4n) is 0.709. The van der Waals surface area contributed by atoms with E-state index in [1.165, 1.54) is 6.07 Å². The molecule has 0 fully saturated rings. The van der Waals surface area contributed by atoms with Crippen molar-refractivity contribution in [1.29, 1.82) is 0 Å². The standard InChI is InChI=1S/C5H8NO5PS/c1-4-2-5(7)6(11-4)3-13-12(8,9)10/h2H,3H2,1H3,(H2,8,9,10). The predicted octanol–water partition coefficient (Wildman–Crippen LogP) is 0.533. The topological polar surface area (TPSA) is 92.7 Å². The molecule has 0 atom stereocenters. The maximum absolute atomic E-state index is 11.0. The van der Waals surface area contributed by atoms with Gasteiger partial charge in [-0.25, -0.2) is 4.57 Å². The number of nitrogens with zero attached hydrogens (tertiary/aromatic N) is 1. The van der Waals surface area contributed by atoms with Crippen LogP contribution in [0.5, 0.6) is 0 Å². The van der Waals surface area contributed by atoms with Crippen molar-refractivity contribution in [2.75, 3.05) is 0 Å². The van der Waals surface area contributed by atoms with Crippen molar-refractivity contribution < 1.29 is 18.9 Å². The van der Waals surface area contributed by atoms with Crippen LogP contribution in [0, 0.1) is 6.92 Å². The van der Waals surface area contributed by atoms with Gasteiger partial charge in [-0.2, -0.15) is 4.74 Å². The van der Waals surface area contributed by atoms with E-state index in [-0.39, 0.29) is 5.88 Å². The van der Waals surface area contributed by atoms with Gasteiger partial charge in [-0.05, 0) is 18.3 Å². The van der Waals surface area contributed by atoms with E-state index in [9.17, 15) is 9.36 Å². The fourth-order valence-corrected chi connectivity index (χ4v) is 1.91. The number of hydrogen-bond acceptors (Lipinski definition) is 4. The van der Waals surface area contributed by atoms with E-state index < -0.39 is 12.4 Å². The molecule has 0 bridgehead atoms. The van der Waals surface area contributed by atoms with Crippen molar-refractivity contribution in [1.82, 2.24) is 4.74 Å². The number of aryl methyl sites for hydroxylation is 1. The molecule has 0 radical (unpaired) electrons. The first-order valence-electron chi connectivity index (χ1n) is 3.26. The highest BCUT2D eigenvalue weighted by atomic mass is 32.7. The highest BCUT2D eigenvalue weighted by molar-refractivity contribution is 8.54. The minimum atomic E-state index is -4.14. The zero-order valence-electron chi connectivity index (χ0n) is 6.71. The molecule has 1 heterocycles. The van der Waals surface area contributed by atoms with Crippen molar-refractivity contribution in [2.24, 2.45) is 0 Å². The molecule has 0 saturated carbocycles. The third kappa shape index (κ3) is 3.40. The molecule has 0 aliphatic heterocycles. The minimum Gasteiger partial charge on any atom is -0.380 e. The first-order valence-corrected chi connectivity index (χ1v) is 6.46. The highest BCUT2D eigenvalue weighted by Crippen LogP contribution is 2.50. The molecular weight excluding hydrogens is 217 g/mol. The predicted molar refractivity (Wildman–Crippen MR) is 47.3 cm³/mol. The molecule has 74 valence electrons. The Balaban J connectivity index is 2.71. The number of rotatable bonds is 3. The second-order valence-electron chi connectivity index (χ2n) is 2.31. The lowest BCUT2D eigenvalue weighted by atomic mass is 10.5. The Hall–Kier alpha value is -0.490. The Labute approximate surface area is 77.4 Å². The second kappa shape index (κ2) is 3.71. The molecule has 1 aromatic rings. The quantitative estimate of drug-likeness (QED) is 0.729. The van der Waals surface area contributed by atoms with Crippen molar-refractivity contribution in [3.63, 3.8) is 0 Å². The summed E-state index contributed by atoms with van der Waals surface area (Å²) in [6.45, 7) is -2.56. The summed E-state index contributed by atoms with van der Waals surface area (Å²) < 4.78 is 16.2. The van der Waals surface area contributed by atoms with Crippen molar-refractivity contribution in [3.8, 4) is 0 Å². The van der Waals surface area contributed by atoms with Crippen LogP contribution in [-0.4, -0.2) is 14.5 Å². The molecule has 0 aliphatic carbocycles. The van der Waals surface area contributed by atoms with Crippen LogP contribution < -0.4 is 5.56 Å². The Morgan fingerprint density at radius 3 is 2.69 bits per heavy atom. The molecule has 0 amide bonds. The summed E-state index contributed by atoms with van der Waals surface area (Å²) in [6.07, 6.45) is 0. The van der Waals surface area contributed by atoms with Crippen LogP contribution in [0.15, 0.2) is 15.4 Å². The Kier molecular flexibility index (Phi) is 3.02. The molecule has 1 rings (SSSR count). The molecule has 8 heteroatoms.